The summed E-state index contributed by atoms with van der Waals surface area (Å²) < 4.78 is 0. The van der Waals surface area contributed by atoms with Gasteiger partial charge in [-0.05, 0) is 32.2 Å². The molecule has 1 fully saturated rings. The van der Waals surface area contributed by atoms with Crippen LogP contribution >= 0.6 is 11.3 Å². The summed E-state index contributed by atoms with van der Waals surface area (Å²) in [6.07, 6.45) is 7.79. The molecule has 18 heavy (non-hydrogen) atoms. The van der Waals surface area contributed by atoms with E-state index in [1.807, 2.05) is 18.4 Å². The molecule has 2 rings (SSSR count). The molecule has 0 atom stereocenters. The summed E-state index contributed by atoms with van der Waals surface area (Å²) in [6.45, 7) is 5.60. The van der Waals surface area contributed by atoms with Gasteiger partial charge in [0.1, 0.15) is 0 Å². The smallest absolute Gasteiger partial charge is 0.0962 e. The maximum absolute atomic E-state index is 4.95. The Labute approximate surface area is 115 Å². The summed E-state index contributed by atoms with van der Waals surface area (Å²) in [4.78, 5) is 6.41. The van der Waals surface area contributed by atoms with Gasteiger partial charge >= 0.3 is 0 Å². The van der Waals surface area contributed by atoms with Gasteiger partial charge in [0.15, 0.2) is 0 Å². The minimum atomic E-state index is 0.743. The zero-order valence-corrected chi connectivity index (χ0v) is 12.8. The van der Waals surface area contributed by atoms with Gasteiger partial charge in [0, 0.05) is 17.3 Å². The minimum absolute atomic E-state index is 0.743. The van der Waals surface area contributed by atoms with Crippen LogP contribution in [0.3, 0.4) is 0 Å². The van der Waals surface area contributed by atoms with Crippen LogP contribution in [0.4, 0.5) is 0 Å². The van der Waals surface area contributed by atoms with Gasteiger partial charge in [0.25, 0.3) is 0 Å². The Kier molecular flexibility index (Phi) is 5.19. The fourth-order valence-corrected chi connectivity index (χ4v) is 4.11. The molecule has 0 amide bonds. The molecule has 0 unspecified atom stereocenters. The van der Waals surface area contributed by atoms with Crippen molar-refractivity contribution in [2.45, 2.75) is 64.8 Å². The Morgan fingerprint density at radius 3 is 2.61 bits per heavy atom. The van der Waals surface area contributed by atoms with E-state index < -0.39 is 0 Å². The maximum atomic E-state index is 4.95. The fourth-order valence-electron chi connectivity index (χ4n) is 2.82. The molecule has 0 radical (unpaired) electrons. The summed E-state index contributed by atoms with van der Waals surface area (Å²) in [5.41, 5.74) is 1.35. The van der Waals surface area contributed by atoms with Crippen LogP contribution in [0, 0.1) is 5.92 Å². The fraction of sp³-hybridized carbons (Fsp3) is 0.800. The van der Waals surface area contributed by atoms with E-state index in [1.54, 1.807) is 0 Å². The van der Waals surface area contributed by atoms with E-state index in [2.05, 4.69) is 19.2 Å². The Morgan fingerprint density at radius 2 is 2.00 bits per heavy atom. The van der Waals surface area contributed by atoms with E-state index in [-0.39, 0.29) is 0 Å². The summed E-state index contributed by atoms with van der Waals surface area (Å²) in [5, 5.41) is 4.69. The maximum Gasteiger partial charge on any atom is 0.0962 e. The van der Waals surface area contributed by atoms with Gasteiger partial charge in [-0.3, -0.25) is 0 Å². The highest BCUT2D eigenvalue weighted by Crippen LogP contribution is 2.38. The summed E-state index contributed by atoms with van der Waals surface area (Å²) >= 11 is 1.96. The molecule has 1 saturated carbocycles. The Morgan fingerprint density at radius 1 is 1.28 bits per heavy atom. The van der Waals surface area contributed by atoms with Crippen LogP contribution in [-0.2, 0) is 13.0 Å². The molecule has 1 N–H and O–H groups in total. The summed E-state index contributed by atoms with van der Waals surface area (Å²) in [5.74, 6) is 1.67. The second-order valence-corrected chi connectivity index (χ2v) is 6.77. The lowest BCUT2D eigenvalue weighted by atomic mass is 9.83. The van der Waals surface area contributed by atoms with Crippen molar-refractivity contribution in [1.29, 1.82) is 0 Å². The number of aromatic nitrogens is 1. The molecule has 102 valence electrons. The molecule has 3 heteroatoms. The lowest BCUT2D eigenvalue weighted by Gasteiger charge is -2.24. The molecule has 1 aliphatic carbocycles. The van der Waals surface area contributed by atoms with Crippen LogP contribution in [0.1, 0.15) is 67.4 Å². The molecule has 0 aromatic carbocycles. The highest BCUT2D eigenvalue weighted by atomic mass is 32.1. The standard InChI is InChI=1S/C15H26N2S/c1-4-5-13-14(10-16-3)18-15(17-13)12-8-6-11(2)7-9-12/h11-12,16H,4-10H2,1-3H3. The first-order valence-corrected chi connectivity index (χ1v) is 8.19. The zero-order valence-electron chi connectivity index (χ0n) is 12.0. The summed E-state index contributed by atoms with van der Waals surface area (Å²) in [6, 6.07) is 0. The second-order valence-electron chi connectivity index (χ2n) is 5.66. The molecular formula is C15H26N2S. The van der Waals surface area contributed by atoms with Crippen molar-refractivity contribution in [2.75, 3.05) is 7.05 Å². The van der Waals surface area contributed by atoms with Crippen molar-refractivity contribution in [3.63, 3.8) is 0 Å². The van der Waals surface area contributed by atoms with Gasteiger partial charge in [-0.1, -0.05) is 33.1 Å². The number of hydrogen-bond donors (Lipinski definition) is 1. The Hall–Kier alpha value is -0.410. The number of nitrogens with one attached hydrogen (secondary N) is 1. The molecular weight excluding hydrogens is 240 g/mol. The van der Waals surface area contributed by atoms with E-state index in [0.717, 1.165) is 24.8 Å². The van der Waals surface area contributed by atoms with E-state index in [1.165, 1.54) is 47.7 Å². The SMILES string of the molecule is CCCc1nc(C2CCC(C)CC2)sc1CNC. The number of rotatable bonds is 5. The van der Waals surface area contributed by atoms with Crippen molar-refractivity contribution >= 4 is 11.3 Å². The van der Waals surface area contributed by atoms with Gasteiger partial charge in [-0.15, -0.1) is 11.3 Å². The molecule has 1 aliphatic rings. The quantitative estimate of drug-likeness (QED) is 0.867. The third kappa shape index (κ3) is 3.33. The predicted octanol–water partition coefficient (Wildman–Crippen LogP) is 4.11. The molecule has 1 aromatic rings. The molecule has 0 spiro atoms. The first-order valence-electron chi connectivity index (χ1n) is 7.37. The van der Waals surface area contributed by atoms with Crippen molar-refractivity contribution in [3.05, 3.63) is 15.6 Å². The molecule has 0 aliphatic heterocycles. The van der Waals surface area contributed by atoms with Crippen LogP contribution in [0.5, 0.6) is 0 Å². The molecule has 1 aromatic heterocycles. The van der Waals surface area contributed by atoms with E-state index in [0.29, 0.717) is 0 Å². The Balaban J connectivity index is 2.10. The van der Waals surface area contributed by atoms with Crippen molar-refractivity contribution in [1.82, 2.24) is 10.3 Å². The Bertz CT molecular complexity index is 341. The van der Waals surface area contributed by atoms with Crippen LogP contribution in [0.25, 0.3) is 0 Å². The first-order chi connectivity index (χ1) is 8.74. The van der Waals surface area contributed by atoms with Gasteiger partial charge < -0.3 is 5.32 Å². The van der Waals surface area contributed by atoms with Gasteiger partial charge in [0.2, 0.25) is 0 Å². The normalized spacial score (nSPS) is 24.4. The molecule has 1 heterocycles. The van der Waals surface area contributed by atoms with Crippen molar-refractivity contribution < 1.29 is 0 Å². The predicted molar refractivity (Wildman–Crippen MR) is 79.2 cm³/mol. The highest BCUT2D eigenvalue weighted by Gasteiger charge is 2.23. The van der Waals surface area contributed by atoms with Crippen LogP contribution in [0.15, 0.2) is 0 Å². The number of hydrogen-bond acceptors (Lipinski definition) is 3. The highest BCUT2D eigenvalue weighted by molar-refractivity contribution is 7.11. The number of thiazole rings is 1. The van der Waals surface area contributed by atoms with Crippen LogP contribution in [-0.4, -0.2) is 12.0 Å². The van der Waals surface area contributed by atoms with E-state index in [4.69, 9.17) is 4.98 Å². The lowest BCUT2D eigenvalue weighted by Crippen LogP contribution is -2.10. The number of nitrogens with zero attached hydrogens (tertiary/aromatic N) is 1. The van der Waals surface area contributed by atoms with Gasteiger partial charge in [0.05, 0.1) is 10.7 Å². The topological polar surface area (TPSA) is 24.9 Å². The molecule has 2 nitrogen and oxygen atoms in total. The van der Waals surface area contributed by atoms with Gasteiger partial charge in [-0.2, -0.15) is 0 Å². The van der Waals surface area contributed by atoms with Crippen molar-refractivity contribution in [2.24, 2.45) is 5.92 Å². The largest absolute Gasteiger partial charge is 0.315 e. The van der Waals surface area contributed by atoms with Crippen LogP contribution in [0.2, 0.25) is 0 Å². The lowest BCUT2D eigenvalue weighted by molar-refractivity contribution is 0.347. The van der Waals surface area contributed by atoms with E-state index in [9.17, 15) is 0 Å². The van der Waals surface area contributed by atoms with Crippen molar-refractivity contribution in [3.8, 4) is 0 Å². The molecule has 0 saturated heterocycles. The first kappa shape index (κ1) is 14.0. The van der Waals surface area contributed by atoms with Gasteiger partial charge in [-0.25, -0.2) is 4.98 Å². The third-order valence-electron chi connectivity index (χ3n) is 3.98. The third-order valence-corrected chi connectivity index (χ3v) is 5.24. The average Bonchev–Trinajstić information content (AvgIpc) is 2.75. The molecule has 0 bridgehead atoms. The monoisotopic (exact) mass is 266 g/mol. The van der Waals surface area contributed by atoms with E-state index >= 15 is 0 Å². The minimum Gasteiger partial charge on any atom is -0.315 e. The van der Waals surface area contributed by atoms with Crippen LogP contribution < -0.4 is 5.32 Å². The zero-order chi connectivity index (χ0) is 13.0. The number of aryl methyl sites for hydroxylation is 1. The summed E-state index contributed by atoms with van der Waals surface area (Å²) in [7, 11) is 2.03. The second kappa shape index (κ2) is 6.67. The average molecular weight is 266 g/mol.